The lowest BCUT2D eigenvalue weighted by Crippen LogP contribution is -2.04. The van der Waals surface area contributed by atoms with Gasteiger partial charge in [0.2, 0.25) is 0 Å². The van der Waals surface area contributed by atoms with E-state index in [0.29, 0.717) is 44.5 Å². The molecule has 0 aliphatic rings. The third kappa shape index (κ3) is 5.30. The Hall–Kier alpha value is -3.91. The summed E-state index contributed by atoms with van der Waals surface area (Å²) in [6.07, 6.45) is 1.41. The molecule has 0 aliphatic heterocycles. The fraction of sp³-hybridized carbons (Fsp3) is 0.125. The van der Waals surface area contributed by atoms with Crippen LogP contribution in [0.15, 0.2) is 60.9 Å². The SMILES string of the molecule is COc1cc2ncnc(Nc3ccc(OCc4cccc(F)c4)c(Cl)c3)c2cc1OC(C)=O. The number of esters is 1. The zero-order valence-electron chi connectivity index (χ0n) is 17.8. The van der Waals surface area contributed by atoms with Gasteiger partial charge in [0.25, 0.3) is 0 Å². The summed E-state index contributed by atoms with van der Waals surface area (Å²) in [6, 6.07) is 14.6. The van der Waals surface area contributed by atoms with Crippen LogP contribution in [0.2, 0.25) is 5.02 Å². The van der Waals surface area contributed by atoms with Crippen molar-refractivity contribution in [2.75, 3.05) is 12.4 Å². The van der Waals surface area contributed by atoms with E-state index in [1.807, 2.05) is 0 Å². The molecule has 0 unspecified atom stereocenters. The molecule has 0 aliphatic carbocycles. The molecule has 0 fully saturated rings. The van der Waals surface area contributed by atoms with Crippen molar-refractivity contribution in [2.45, 2.75) is 13.5 Å². The van der Waals surface area contributed by atoms with Crippen LogP contribution < -0.4 is 19.5 Å². The molecule has 1 aromatic heterocycles. The highest BCUT2D eigenvalue weighted by Crippen LogP contribution is 2.36. The number of rotatable bonds is 7. The van der Waals surface area contributed by atoms with E-state index < -0.39 is 5.97 Å². The molecule has 9 heteroatoms. The lowest BCUT2D eigenvalue weighted by atomic mass is 10.2. The minimum atomic E-state index is -0.473. The fourth-order valence-corrected chi connectivity index (χ4v) is 3.41. The minimum absolute atomic E-state index is 0.182. The van der Waals surface area contributed by atoms with Crippen molar-refractivity contribution in [3.05, 3.63) is 77.3 Å². The number of carbonyl (C=O) groups is 1. The molecule has 0 radical (unpaired) electrons. The van der Waals surface area contributed by atoms with Crippen LogP contribution >= 0.6 is 11.6 Å². The first kappa shape index (κ1) is 22.3. The van der Waals surface area contributed by atoms with Crippen molar-refractivity contribution in [3.63, 3.8) is 0 Å². The first-order valence-corrected chi connectivity index (χ1v) is 10.3. The summed E-state index contributed by atoms with van der Waals surface area (Å²) in [5.74, 6) is 0.786. The van der Waals surface area contributed by atoms with Crippen molar-refractivity contribution in [1.82, 2.24) is 9.97 Å². The van der Waals surface area contributed by atoms with Crippen molar-refractivity contribution in [2.24, 2.45) is 0 Å². The Morgan fingerprint density at radius 2 is 1.91 bits per heavy atom. The third-order valence-electron chi connectivity index (χ3n) is 4.65. The van der Waals surface area contributed by atoms with Gasteiger partial charge in [0.15, 0.2) is 11.5 Å². The number of fused-ring (bicyclic) bond motifs is 1. The first-order valence-electron chi connectivity index (χ1n) is 9.88. The normalized spacial score (nSPS) is 10.7. The van der Waals surface area contributed by atoms with Gasteiger partial charge in [-0.3, -0.25) is 4.79 Å². The van der Waals surface area contributed by atoms with Crippen LogP contribution in [0.5, 0.6) is 17.2 Å². The molecule has 0 atom stereocenters. The van der Waals surface area contributed by atoms with E-state index in [4.69, 9.17) is 25.8 Å². The molecule has 1 N–H and O–H groups in total. The Morgan fingerprint density at radius 1 is 1.06 bits per heavy atom. The number of nitrogens with zero attached hydrogens (tertiary/aromatic N) is 2. The Bertz CT molecular complexity index is 1330. The van der Waals surface area contributed by atoms with Gasteiger partial charge < -0.3 is 19.5 Å². The molecule has 1 heterocycles. The largest absolute Gasteiger partial charge is 0.493 e. The van der Waals surface area contributed by atoms with E-state index in [-0.39, 0.29) is 18.2 Å². The van der Waals surface area contributed by atoms with E-state index in [2.05, 4.69) is 15.3 Å². The average Bonchev–Trinajstić information content (AvgIpc) is 2.78. The van der Waals surface area contributed by atoms with Gasteiger partial charge in [-0.05, 0) is 42.0 Å². The van der Waals surface area contributed by atoms with E-state index in [1.165, 1.54) is 32.5 Å². The lowest BCUT2D eigenvalue weighted by Gasteiger charge is -2.13. The molecule has 4 aromatic rings. The molecule has 4 rings (SSSR count). The Morgan fingerprint density at radius 3 is 2.64 bits per heavy atom. The van der Waals surface area contributed by atoms with Crippen LogP contribution in [0.25, 0.3) is 10.9 Å². The number of hydrogen-bond donors (Lipinski definition) is 1. The molecular weight excluding hydrogens is 449 g/mol. The van der Waals surface area contributed by atoms with Gasteiger partial charge in [0.1, 0.15) is 30.3 Å². The highest BCUT2D eigenvalue weighted by atomic mass is 35.5. The molecule has 168 valence electrons. The van der Waals surface area contributed by atoms with Crippen LogP contribution in [0.1, 0.15) is 12.5 Å². The van der Waals surface area contributed by atoms with Gasteiger partial charge in [-0.15, -0.1) is 0 Å². The van der Waals surface area contributed by atoms with Crippen LogP contribution in [-0.2, 0) is 11.4 Å². The second-order valence-electron chi connectivity index (χ2n) is 7.02. The highest BCUT2D eigenvalue weighted by molar-refractivity contribution is 6.32. The molecule has 3 aromatic carbocycles. The standard InChI is InChI=1S/C24H19ClFN3O4/c1-14(30)33-23-10-18-20(11-22(23)31-2)27-13-28-24(18)29-17-6-7-21(19(25)9-17)32-12-15-4-3-5-16(26)8-15/h3-11,13H,12H2,1-2H3,(H,27,28,29). The summed E-state index contributed by atoms with van der Waals surface area (Å²) in [5, 5.41) is 4.19. The van der Waals surface area contributed by atoms with Crippen LogP contribution in [0.3, 0.4) is 0 Å². The zero-order chi connectivity index (χ0) is 23.4. The van der Waals surface area contributed by atoms with Gasteiger partial charge in [-0.25, -0.2) is 14.4 Å². The Kier molecular flexibility index (Phi) is 6.55. The summed E-state index contributed by atoms with van der Waals surface area (Å²) in [6.45, 7) is 1.49. The summed E-state index contributed by atoms with van der Waals surface area (Å²) < 4.78 is 29.6. The van der Waals surface area contributed by atoms with Crippen LogP contribution in [0, 0.1) is 5.82 Å². The van der Waals surface area contributed by atoms with Gasteiger partial charge in [0, 0.05) is 24.1 Å². The predicted molar refractivity (Wildman–Crippen MR) is 123 cm³/mol. The Labute approximate surface area is 194 Å². The second kappa shape index (κ2) is 9.70. The number of carbonyl (C=O) groups excluding carboxylic acids is 1. The number of benzene rings is 3. The maximum absolute atomic E-state index is 13.3. The number of aromatic nitrogens is 2. The van der Waals surface area contributed by atoms with Crippen LogP contribution in [-0.4, -0.2) is 23.0 Å². The first-order chi connectivity index (χ1) is 15.9. The molecule has 0 spiro atoms. The third-order valence-corrected chi connectivity index (χ3v) is 4.95. The number of anilines is 2. The van der Waals surface area contributed by atoms with E-state index in [9.17, 15) is 9.18 Å². The highest BCUT2D eigenvalue weighted by Gasteiger charge is 2.14. The molecule has 0 saturated heterocycles. The van der Waals surface area contributed by atoms with Crippen molar-refractivity contribution < 1.29 is 23.4 Å². The summed E-state index contributed by atoms with van der Waals surface area (Å²) >= 11 is 6.39. The number of ether oxygens (including phenoxy) is 3. The molecule has 33 heavy (non-hydrogen) atoms. The molecule has 0 saturated carbocycles. The monoisotopic (exact) mass is 467 g/mol. The van der Waals surface area contributed by atoms with Crippen molar-refractivity contribution >= 4 is 40.0 Å². The number of nitrogens with one attached hydrogen (secondary N) is 1. The smallest absolute Gasteiger partial charge is 0.308 e. The van der Waals surface area contributed by atoms with E-state index in [1.54, 1.807) is 42.5 Å². The zero-order valence-corrected chi connectivity index (χ0v) is 18.5. The quantitative estimate of drug-likeness (QED) is 0.276. The van der Waals surface area contributed by atoms with E-state index >= 15 is 0 Å². The molecular formula is C24H19ClFN3O4. The molecule has 0 bridgehead atoms. The maximum Gasteiger partial charge on any atom is 0.308 e. The number of halogens is 2. The lowest BCUT2D eigenvalue weighted by molar-refractivity contribution is -0.132. The minimum Gasteiger partial charge on any atom is -0.493 e. The second-order valence-corrected chi connectivity index (χ2v) is 7.43. The van der Waals surface area contributed by atoms with Gasteiger partial charge in [-0.1, -0.05) is 23.7 Å². The van der Waals surface area contributed by atoms with Gasteiger partial charge in [0.05, 0.1) is 17.6 Å². The van der Waals surface area contributed by atoms with Crippen molar-refractivity contribution in [3.8, 4) is 17.2 Å². The molecule has 7 nitrogen and oxygen atoms in total. The predicted octanol–water partition coefficient (Wildman–Crippen LogP) is 5.68. The summed E-state index contributed by atoms with van der Waals surface area (Å²) in [5.41, 5.74) is 1.95. The Balaban J connectivity index is 1.57. The van der Waals surface area contributed by atoms with E-state index in [0.717, 1.165) is 0 Å². The maximum atomic E-state index is 13.3. The van der Waals surface area contributed by atoms with Gasteiger partial charge >= 0.3 is 5.97 Å². The fourth-order valence-electron chi connectivity index (χ4n) is 3.18. The van der Waals surface area contributed by atoms with Gasteiger partial charge in [-0.2, -0.15) is 0 Å². The number of methoxy groups -OCH3 is 1. The topological polar surface area (TPSA) is 82.6 Å². The van der Waals surface area contributed by atoms with Crippen LogP contribution in [0.4, 0.5) is 15.9 Å². The average molecular weight is 468 g/mol. The summed E-state index contributed by atoms with van der Waals surface area (Å²) in [4.78, 5) is 20.0. The molecule has 0 amide bonds. The summed E-state index contributed by atoms with van der Waals surface area (Å²) in [7, 11) is 1.48. The van der Waals surface area contributed by atoms with Crippen molar-refractivity contribution in [1.29, 1.82) is 0 Å². The number of hydrogen-bond acceptors (Lipinski definition) is 7.